The molecule has 1 atom stereocenters. The summed E-state index contributed by atoms with van der Waals surface area (Å²) in [6.07, 6.45) is 4.96. The molecule has 0 bridgehead atoms. The van der Waals surface area contributed by atoms with E-state index in [1.54, 1.807) is 0 Å². The zero-order valence-electron chi connectivity index (χ0n) is 9.28. The van der Waals surface area contributed by atoms with Gasteiger partial charge in [0.2, 0.25) is 5.89 Å². The predicted octanol–water partition coefficient (Wildman–Crippen LogP) is 3.03. The Labute approximate surface area is 94.9 Å². The summed E-state index contributed by atoms with van der Waals surface area (Å²) in [6, 6.07) is 8.25. The summed E-state index contributed by atoms with van der Waals surface area (Å²) in [5, 5.41) is 3.50. The fourth-order valence-electron chi connectivity index (χ4n) is 2.28. The van der Waals surface area contributed by atoms with Gasteiger partial charge in [-0.25, -0.2) is 4.98 Å². The summed E-state index contributed by atoms with van der Waals surface area (Å²) in [6.45, 7) is 1.07. The molecule has 1 aliphatic heterocycles. The van der Waals surface area contributed by atoms with Gasteiger partial charge in [0.15, 0.2) is 5.58 Å². The molecule has 3 rings (SSSR count). The number of para-hydroxylation sites is 2. The summed E-state index contributed by atoms with van der Waals surface area (Å²) in [5.74, 6) is 0.850. The molecule has 1 aliphatic rings. The molecule has 1 unspecified atom stereocenters. The number of nitrogens with one attached hydrogen (secondary N) is 1. The minimum atomic E-state index is 0.301. The average molecular weight is 216 g/mol. The fraction of sp³-hybridized carbons (Fsp3) is 0.462. The van der Waals surface area contributed by atoms with Gasteiger partial charge in [-0.2, -0.15) is 0 Å². The minimum absolute atomic E-state index is 0.301. The van der Waals surface area contributed by atoms with Crippen molar-refractivity contribution in [2.75, 3.05) is 6.54 Å². The van der Waals surface area contributed by atoms with E-state index in [1.807, 2.05) is 24.3 Å². The Kier molecular flexibility index (Phi) is 2.62. The largest absolute Gasteiger partial charge is 0.439 e. The van der Waals surface area contributed by atoms with Crippen LogP contribution in [-0.2, 0) is 0 Å². The molecule has 84 valence electrons. The lowest BCUT2D eigenvalue weighted by Gasteiger charge is -2.10. The Balaban J connectivity index is 1.92. The van der Waals surface area contributed by atoms with E-state index in [4.69, 9.17) is 4.42 Å². The van der Waals surface area contributed by atoms with Crippen LogP contribution >= 0.6 is 0 Å². The summed E-state index contributed by atoms with van der Waals surface area (Å²) in [5.41, 5.74) is 1.85. The van der Waals surface area contributed by atoms with Crippen LogP contribution in [0.2, 0.25) is 0 Å². The number of oxazole rings is 1. The molecular formula is C13H16N2O. The molecule has 1 saturated heterocycles. The van der Waals surface area contributed by atoms with Crippen molar-refractivity contribution in [2.45, 2.75) is 31.7 Å². The van der Waals surface area contributed by atoms with E-state index in [2.05, 4.69) is 10.3 Å². The smallest absolute Gasteiger partial charge is 0.212 e. The lowest BCUT2D eigenvalue weighted by Crippen LogP contribution is -2.20. The standard InChI is InChI=1S/C13H16N2O/c1-2-7-11(14-9-5-1)13-15-10-6-3-4-8-12(10)16-13/h3-4,6,8,11,14H,1-2,5,7,9H2. The number of fused-ring (bicyclic) bond motifs is 1. The molecule has 1 fully saturated rings. The van der Waals surface area contributed by atoms with E-state index in [0.717, 1.165) is 30.0 Å². The van der Waals surface area contributed by atoms with E-state index in [-0.39, 0.29) is 0 Å². The number of hydrogen-bond acceptors (Lipinski definition) is 3. The number of aromatic nitrogens is 1. The Hall–Kier alpha value is -1.35. The maximum Gasteiger partial charge on any atom is 0.212 e. The second-order valence-corrected chi connectivity index (χ2v) is 4.38. The molecule has 2 heterocycles. The Morgan fingerprint density at radius 3 is 3.06 bits per heavy atom. The highest BCUT2D eigenvalue weighted by Crippen LogP contribution is 2.25. The first-order chi connectivity index (χ1) is 7.93. The lowest BCUT2D eigenvalue weighted by molar-refractivity contribution is 0.410. The molecule has 1 aromatic heterocycles. The van der Waals surface area contributed by atoms with Crippen LogP contribution in [0.15, 0.2) is 28.7 Å². The van der Waals surface area contributed by atoms with E-state index in [1.165, 1.54) is 19.3 Å². The number of hydrogen-bond donors (Lipinski definition) is 1. The van der Waals surface area contributed by atoms with Gasteiger partial charge in [0.05, 0.1) is 6.04 Å². The molecule has 0 amide bonds. The lowest BCUT2D eigenvalue weighted by atomic mass is 10.1. The molecule has 0 aliphatic carbocycles. The van der Waals surface area contributed by atoms with Crippen molar-refractivity contribution in [3.63, 3.8) is 0 Å². The van der Waals surface area contributed by atoms with Gasteiger partial charge in [-0.1, -0.05) is 25.0 Å². The monoisotopic (exact) mass is 216 g/mol. The van der Waals surface area contributed by atoms with E-state index < -0.39 is 0 Å². The molecular weight excluding hydrogens is 200 g/mol. The normalized spacial score (nSPS) is 22.1. The average Bonchev–Trinajstić information content (AvgIpc) is 2.56. The van der Waals surface area contributed by atoms with Gasteiger partial charge < -0.3 is 9.73 Å². The first kappa shape index (κ1) is 9.85. The molecule has 3 heteroatoms. The van der Waals surface area contributed by atoms with Crippen molar-refractivity contribution in [2.24, 2.45) is 0 Å². The van der Waals surface area contributed by atoms with Gasteiger partial charge in [0, 0.05) is 0 Å². The van der Waals surface area contributed by atoms with Crippen LogP contribution in [0.1, 0.15) is 37.6 Å². The SMILES string of the molecule is c1ccc2oc(C3CCCCCN3)nc2c1. The molecule has 0 saturated carbocycles. The van der Waals surface area contributed by atoms with Gasteiger partial charge in [0.1, 0.15) is 5.52 Å². The molecule has 1 aromatic carbocycles. The highest BCUT2D eigenvalue weighted by atomic mass is 16.3. The van der Waals surface area contributed by atoms with Crippen LogP contribution < -0.4 is 5.32 Å². The maximum atomic E-state index is 5.79. The Bertz CT molecular complexity index is 436. The Morgan fingerprint density at radius 1 is 1.19 bits per heavy atom. The van der Waals surface area contributed by atoms with Crippen molar-refractivity contribution in [3.8, 4) is 0 Å². The molecule has 2 aromatic rings. The fourth-order valence-corrected chi connectivity index (χ4v) is 2.28. The van der Waals surface area contributed by atoms with E-state index in [9.17, 15) is 0 Å². The molecule has 0 spiro atoms. The molecule has 3 nitrogen and oxygen atoms in total. The first-order valence-corrected chi connectivity index (χ1v) is 6.02. The van der Waals surface area contributed by atoms with Crippen molar-refractivity contribution >= 4 is 11.1 Å². The third-order valence-corrected chi connectivity index (χ3v) is 3.17. The quantitative estimate of drug-likeness (QED) is 0.796. The van der Waals surface area contributed by atoms with E-state index >= 15 is 0 Å². The van der Waals surface area contributed by atoms with Crippen LogP contribution in [0.25, 0.3) is 11.1 Å². The van der Waals surface area contributed by atoms with Crippen molar-refractivity contribution in [3.05, 3.63) is 30.2 Å². The molecule has 1 N–H and O–H groups in total. The van der Waals surface area contributed by atoms with Gasteiger partial charge in [-0.15, -0.1) is 0 Å². The third kappa shape index (κ3) is 1.83. The zero-order valence-corrected chi connectivity index (χ0v) is 9.28. The van der Waals surface area contributed by atoms with Crippen molar-refractivity contribution < 1.29 is 4.42 Å². The van der Waals surface area contributed by atoms with Crippen LogP contribution in [0.4, 0.5) is 0 Å². The second-order valence-electron chi connectivity index (χ2n) is 4.38. The van der Waals surface area contributed by atoms with Crippen molar-refractivity contribution in [1.29, 1.82) is 0 Å². The van der Waals surface area contributed by atoms with Crippen LogP contribution in [-0.4, -0.2) is 11.5 Å². The van der Waals surface area contributed by atoms with Gasteiger partial charge in [0.25, 0.3) is 0 Å². The maximum absolute atomic E-state index is 5.79. The second kappa shape index (κ2) is 4.26. The van der Waals surface area contributed by atoms with Gasteiger partial charge in [-0.3, -0.25) is 0 Å². The van der Waals surface area contributed by atoms with Crippen LogP contribution in [0.3, 0.4) is 0 Å². The first-order valence-electron chi connectivity index (χ1n) is 6.02. The van der Waals surface area contributed by atoms with Crippen LogP contribution in [0, 0.1) is 0 Å². The Morgan fingerprint density at radius 2 is 2.12 bits per heavy atom. The molecule has 0 radical (unpaired) electrons. The van der Waals surface area contributed by atoms with Gasteiger partial charge in [-0.05, 0) is 31.5 Å². The summed E-state index contributed by atoms with van der Waals surface area (Å²) in [4.78, 5) is 4.55. The van der Waals surface area contributed by atoms with Crippen molar-refractivity contribution in [1.82, 2.24) is 10.3 Å². The van der Waals surface area contributed by atoms with Crippen LogP contribution in [0.5, 0.6) is 0 Å². The topological polar surface area (TPSA) is 38.1 Å². The third-order valence-electron chi connectivity index (χ3n) is 3.17. The molecule has 16 heavy (non-hydrogen) atoms. The van der Waals surface area contributed by atoms with E-state index in [0.29, 0.717) is 6.04 Å². The number of benzene rings is 1. The summed E-state index contributed by atoms with van der Waals surface area (Å²) >= 11 is 0. The zero-order chi connectivity index (χ0) is 10.8. The number of rotatable bonds is 1. The highest BCUT2D eigenvalue weighted by molar-refractivity contribution is 5.72. The van der Waals surface area contributed by atoms with Gasteiger partial charge >= 0.3 is 0 Å². The highest BCUT2D eigenvalue weighted by Gasteiger charge is 2.18. The number of nitrogens with zero attached hydrogens (tertiary/aromatic N) is 1. The predicted molar refractivity (Wildman–Crippen MR) is 63.2 cm³/mol. The summed E-state index contributed by atoms with van der Waals surface area (Å²) < 4.78 is 5.79. The summed E-state index contributed by atoms with van der Waals surface area (Å²) in [7, 11) is 0. The minimum Gasteiger partial charge on any atom is -0.439 e.